The van der Waals surface area contributed by atoms with Gasteiger partial charge in [0.05, 0.1) is 11.4 Å². The van der Waals surface area contributed by atoms with Gasteiger partial charge < -0.3 is 19.3 Å². The van der Waals surface area contributed by atoms with Gasteiger partial charge in [-0.05, 0) is 109 Å². The zero-order valence-electron chi connectivity index (χ0n) is 36.5. The quantitative estimate of drug-likeness (QED) is 0.139. The number of hydrogen-bond donors (Lipinski definition) is 0. The topological polar surface area (TPSA) is 119 Å². The number of rotatable bonds is 8. The van der Waals surface area contributed by atoms with Crippen LogP contribution in [0.5, 0.6) is 11.5 Å². The predicted molar refractivity (Wildman–Crippen MR) is 244 cm³/mol. The summed E-state index contributed by atoms with van der Waals surface area (Å²) in [5.74, 6) is 0.835. The lowest BCUT2D eigenvalue weighted by molar-refractivity contribution is -0.122. The Hall–Kier alpha value is -7.08. The first-order valence-corrected chi connectivity index (χ1v) is 22.6. The number of likely N-dealkylation sites (tertiary alicyclic amines) is 2. The number of halogens is 2. The molecule has 0 spiro atoms. The maximum absolute atomic E-state index is 13.9. The van der Waals surface area contributed by atoms with Gasteiger partial charge in [-0.25, -0.2) is 9.97 Å². The number of pyridine rings is 2. The summed E-state index contributed by atoms with van der Waals surface area (Å²) in [4.78, 5) is 61.9. The fourth-order valence-electron chi connectivity index (χ4n) is 9.95. The van der Waals surface area contributed by atoms with Gasteiger partial charge in [0.2, 0.25) is 11.9 Å². The molecule has 0 N–H and O–H groups in total. The molecule has 0 aliphatic carbocycles. The summed E-state index contributed by atoms with van der Waals surface area (Å²) in [5.41, 5.74) is 6.38. The van der Waals surface area contributed by atoms with Crippen molar-refractivity contribution in [3.05, 3.63) is 190 Å². The van der Waals surface area contributed by atoms with Crippen LogP contribution in [0.25, 0.3) is 0 Å². The number of benzene rings is 4. The first-order valence-electron chi connectivity index (χ1n) is 22.6. The lowest BCUT2D eigenvalue weighted by Crippen LogP contribution is -2.40. The first kappa shape index (κ1) is 44.1. The number of Topliss-reactive ketones (excluding diaryl/α,β-unsaturated/α-hetero) is 2. The molecule has 336 valence electrons. The molecule has 2 saturated heterocycles. The molecule has 0 radical (unpaired) electrons. The van der Waals surface area contributed by atoms with Crippen LogP contribution in [-0.4, -0.2) is 82.5 Å². The standard InChI is InChI=1S/2C27H25FN2O3/c2*28-25-8-4-7-23(29-25)26(18-5-2-1-3-6-18)19-11-13-30(14-12-19)27(32)20-9-10-24-21(15-20)16-22(31)17-33-24/h2*1-10,15,19,26H,11-14,16-17H2/t2*26-/m10/s1. The van der Waals surface area contributed by atoms with Gasteiger partial charge in [0, 0.05) is 73.1 Å². The number of amides is 2. The van der Waals surface area contributed by atoms with Gasteiger partial charge in [-0.1, -0.05) is 72.8 Å². The Morgan fingerprint density at radius 3 is 1.29 bits per heavy atom. The molecule has 66 heavy (non-hydrogen) atoms. The molecule has 2 fully saturated rings. The summed E-state index contributed by atoms with van der Waals surface area (Å²) in [5, 5.41) is 0. The molecule has 6 heterocycles. The molecule has 10 rings (SSSR count). The van der Waals surface area contributed by atoms with Crippen molar-refractivity contribution in [2.45, 2.75) is 50.4 Å². The van der Waals surface area contributed by atoms with Crippen LogP contribution in [0.1, 0.15) is 91.9 Å². The van der Waals surface area contributed by atoms with Crippen molar-refractivity contribution in [3.63, 3.8) is 0 Å². The monoisotopic (exact) mass is 888 g/mol. The van der Waals surface area contributed by atoms with E-state index in [4.69, 9.17) is 9.47 Å². The predicted octanol–water partition coefficient (Wildman–Crippen LogP) is 8.82. The number of fused-ring (bicyclic) bond motifs is 2. The van der Waals surface area contributed by atoms with E-state index in [1.807, 2.05) is 58.3 Å². The lowest BCUT2D eigenvalue weighted by atomic mass is 9.78. The van der Waals surface area contributed by atoms with E-state index < -0.39 is 11.9 Å². The van der Waals surface area contributed by atoms with Crippen molar-refractivity contribution < 1.29 is 37.4 Å². The molecule has 0 bridgehead atoms. The highest BCUT2D eigenvalue weighted by molar-refractivity contribution is 5.96. The molecule has 4 aromatic carbocycles. The van der Waals surface area contributed by atoms with Crippen LogP contribution < -0.4 is 9.47 Å². The number of aromatic nitrogens is 2. The zero-order valence-corrected chi connectivity index (χ0v) is 36.5. The minimum absolute atomic E-state index is 0.0193. The Balaban J connectivity index is 0.000000166. The third kappa shape index (κ3) is 10.1. The van der Waals surface area contributed by atoms with Crippen LogP contribution in [-0.2, 0) is 22.4 Å². The number of carbonyl (C=O) groups excluding carboxylic acids is 4. The highest BCUT2D eigenvalue weighted by atomic mass is 19.1. The van der Waals surface area contributed by atoms with E-state index in [1.165, 1.54) is 12.1 Å². The molecule has 2 aromatic heterocycles. The van der Waals surface area contributed by atoms with Crippen LogP contribution in [0.15, 0.2) is 133 Å². The molecule has 0 unspecified atom stereocenters. The molecule has 10 nitrogen and oxygen atoms in total. The average Bonchev–Trinajstić information content (AvgIpc) is 3.34. The smallest absolute Gasteiger partial charge is 0.253 e. The van der Waals surface area contributed by atoms with Crippen molar-refractivity contribution >= 4 is 23.4 Å². The largest absolute Gasteiger partial charge is 0.486 e. The van der Waals surface area contributed by atoms with E-state index in [2.05, 4.69) is 34.2 Å². The van der Waals surface area contributed by atoms with Crippen LogP contribution in [0, 0.1) is 23.7 Å². The van der Waals surface area contributed by atoms with Gasteiger partial charge in [0.1, 0.15) is 24.7 Å². The Bertz CT molecular complexity index is 2530. The summed E-state index contributed by atoms with van der Waals surface area (Å²) in [6, 6.07) is 40.7. The average molecular weight is 889 g/mol. The van der Waals surface area contributed by atoms with E-state index in [0.29, 0.717) is 61.6 Å². The van der Waals surface area contributed by atoms with Crippen molar-refractivity contribution in [3.8, 4) is 11.5 Å². The molecule has 2 atom stereocenters. The summed E-state index contributed by atoms with van der Waals surface area (Å²) in [6.07, 6.45) is 3.81. The molecular weight excluding hydrogens is 839 g/mol. The maximum Gasteiger partial charge on any atom is 0.253 e. The Morgan fingerprint density at radius 1 is 0.515 bits per heavy atom. The van der Waals surface area contributed by atoms with Crippen molar-refractivity contribution in [1.29, 1.82) is 0 Å². The highest BCUT2D eigenvalue weighted by Crippen LogP contribution is 2.39. The molecule has 12 heteroatoms. The highest BCUT2D eigenvalue weighted by Gasteiger charge is 2.34. The van der Waals surface area contributed by atoms with Gasteiger partial charge in [0.25, 0.3) is 11.8 Å². The van der Waals surface area contributed by atoms with Crippen LogP contribution >= 0.6 is 0 Å². The van der Waals surface area contributed by atoms with Crippen molar-refractivity contribution in [1.82, 2.24) is 19.8 Å². The Kier molecular flexibility index (Phi) is 13.4. The SMILES string of the molecule is O=C1COc2ccc(C(=O)N3CCC([C@@H](c4ccccc4)c4cccc(F)n4)CC3)cc2C1.O=C1COc2ccc(C(=O)N3CCC([C@H](c4ccccc4)c4cccc(F)n4)CC3)cc2C1. The minimum Gasteiger partial charge on any atom is -0.486 e. The van der Waals surface area contributed by atoms with Gasteiger partial charge in [-0.3, -0.25) is 19.2 Å². The van der Waals surface area contributed by atoms with Gasteiger partial charge in [-0.15, -0.1) is 0 Å². The normalized spacial score (nSPS) is 17.2. The van der Waals surface area contributed by atoms with Gasteiger partial charge in [0.15, 0.2) is 11.6 Å². The minimum atomic E-state index is -0.476. The Labute approximate surface area is 382 Å². The lowest BCUT2D eigenvalue weighted by Gasteiger charge is -2.36. The molecule has 6 aromatic rings. The molecule has 2 amide bonds. The van der Waals surface area contributed by atoms with Crippen LogP contribution in [0.4, 0.5) is 8.78 Å². The second kappa shape index (κ2) is 20.0. The van der Waals surface area contributed by atoms with E-state index >= 15 is 0 Å². The second-order valence-corrected chi connectivity index (χ2v) is 17.5. The number of ether oxygens (including phenoxy) is 2. The number of carbonyl (C=O) groups is 4. The van der Waals surface area contributed by atoms with Gasteiger partial charge in [-0.2, -0.15) is 8.78 Å². The van der Waals surface area contributed by atoms with E-state index in [-0.39, 0.29) is 60.3 Å². The molecule has 0 saturated carbocycles. The third-order valence-corrected chi connectivity index (χ3v) is 13.2. The number of ketones is 2. The zero-order chi connectivity index (χ0) is 45.6. The van der Waals surface area contributed by atoms with E-state index in [1.54, 1.807) is 48.5 Å². The first-order chi connectivity index (χ1) is 32.2. The van der Waals surface area contributed by atoms with Gasteiger partial charge >= 0.3 is 0 Å². The summed E-state index contributed by atoms with van der Waals surface area (Å²) < 4.78 is 38.7. The second-order valence-electron chi connectivity index (χ2n) is 17.5. The fraction of sp³-hybridized carbons (Fsp3) is 0.296. The van der Waals surface area contributed by atoms with Crippen molar-refractivity contribution in [2.24, 2.45) is 11.8 Å². The third-order valence-electron chi connectivity index (χ3n) is 13.2. The maximum atomic E-state index is 13.9. The summed E-state index contributed by atoms with van der Waals surface area (Å²) >= 11 is 0. The number of piperidine rings is 2. The fourth-order valence-corrected chi connectivity index (χ4v) is 9.95. The van der Waals surface area contributed by atoms with Crippen LogP contribution in [0.2, 0.25) is 0 Å². The summed E-state index contributed by atoms with van der Waals surface area (Å²) in [7, 11) is 0. The van der Waals surface area contributed by atoms with Crippen molar-refractivity contribution in [2.75, 3.05) is 39.4 Å². The Morgan fingerprint density at radius 2 is 0.909 bits per heavy atom. The molecule has 4 aliphatic rings. The van der Waals surface area contributed by atoms with Crippen LogP contribution in [0.3, 0.4) is 0 Å². The van der Waals surface area contributed by atoms with E-state index in [0.717, 1.165) is 59.3 Å². The number of hydrogen-bond acceptors (Lipinski definition) is 8. The molecule has 4 aliphatic heterocycles. The number of nitrogens with zero attached hydrogens (tertiary/aromatic N) is 4. The molecular formula is C54H50F2N4O6. The van der Waals surface area contributed by atoms with E-state index in [9.17, 15) is 28.0 Å². The summed E-state index contributed by atoms with van der Waals surface area (Å²) in [6.45, 7) is 2.67.